The van der Waals surface area contributed by atoms with Crippen molar-refractivity contribution < 1.29 is 9.16 Å². The van der Waals surface area contributed by atoms with Gasteiger partial charge in [-0.15, -0.1) is 12.3 Å². The van der Waals surface area contributed by atoms with E-state index in [2.05, 4.69) is 56.6 Å². The fourth-order valence-electron chi connectivity index (χ4n) is 2.61. The van der Waals surface area contributed by atoms with Gasteiger partial charge in [-0.25, -0.2) is 4.79 Å². The van der Waals surface area contributed by atoms with Crippen LogP contribution in [0, 0.1) is 24.2 Å². The number of nitrogens with one attached hydrogen (secondary N) is 1. The normalized spacial score (nSPS) is 19.7. The van der Waals surface area contributed by atoms with Crippen LogP contribution in [0.5, 0.6) is 0 Å². The first-order valence-electron chi connectivity index (χ1n) is 9.62. The SMILES string of the molecule is C#CCCC#Cc1cn([C@H]2CC[C@@H](CO[Si](C)(C)C(C)(C)C)O2)c(=O)[nH]c1=O. The van der Waals surface area contributed by atoms with Gasteiger partial charge in [-0.05, 0) is 31.0 Å². The summed E-state index contributed by atoms with van der Waals surface area (Å²) in [6, 6.07) is 0. The van der Waals surface area contributed by atoms with Crippen molar-refractivity contribution in [1.29, 1.82) is 0 Å². The number of hydrogen-bond acceptors (Lipinski definition) is 4. The molecule has 1 N–H and O–H groups in total. The highest BCUT2D eigenvalue weighted by Crippen LogP contribution is 2.37. The van der Waals surface area contributed by atoms with E-state index in [4.69, 9.17) is 15.6 Å². The summed E-state index contributed by atoms with van der Waals surface area (Å²) in [6.07, 6.45) is 8.68. The summed E-state index contributed by atoms with van der Waals surface area (Å²) in [7, 11) is -1.85. The highest BCUT2D eigenvalue weighted by Gasteiger charge is 2.38. The number of unbranched alkanes of at least 4 members (excludes halogenated alkanes) is 1. The zero-order chi connectivity index (χ0) is 20.9. The first-order valence-corrected chi connectivity index (χ1v) is 12.5. The quantitative estimate of drug-likeness (QED) is 0.467. The predicted octanol–water partition coefficient (Wildman–Crippen LogP) is 3.00. The molecule has 0 radical (unpaired) electrons. The average molecular weight is 403 g/mol. The number of aromatic amines is 1. The summed E-state index contributed by atoms with van der Waals surface area (Å²) in [5.74, 6) is 8.14. The minimum atomic E-state index is -1.85. The zero-order valence-corrected chi connectivity index (χ0v) is 18.4. The Balaban J connectivity index is 2.08. The molecule has 2 atom stereocenters. The molecule has 6 nitrogen and oxygen atoms in total. The second-order valence-corrected chi connectivity index (χ2v) is 13.4. The van der Waals surface area contributed by atoms with E-state index < -0.39 is 25.8 Å². The molecule has 0 aromatic carbocycles. The Morgan fingerprint density at radius 2 is 2.04 bits per heavy atom. The van der Waals surface area contributed by atoms with Gasteiger partial charge in [-0.3, -0.25) is 14.3 Å². The van der Waals surface area contributed by atoms with E-state index in [0.717, 1.165) is 6.42 Å². The van der Waals surface area contributed by atoms with E-state index in [1.807, 2.05) is 0 Å². The summed E-state index contributed by atoms with van der Waals surface area (Å²) in [6.45, 7) is 11.5. The molecule has 0 bridgehead atoms. The zero-order valence-electron chi connectivity index (χ0n) is 17.4. The van der Waals surface area contributed by atoms with Gasteiger partial charge in [0.25, 0.3) is 5.56 Å². The first-order chi connectivity index (χ1) is 13.0. The molecule has 1 aromatic heterocycles. The highest BCUT2D eigenvalue weighted by molar-refractivity contribution is 6.74. The number of rotatable bonds is 5. The Hall–Kier alpha value is -2.06. The molecular formula is C21H30N2O4Si. The number of nitrogens with zero attached hydrogens (tertiary/aromatic N) is 1. The number of aromatic nitrogens is 2. The predicted molar refractivity (Wildman–Crippen MR) is 113 cm³/mol. The molecule has 0 aliphatic carbocycles. The van der Waals surface area contributed by atoms with Crippen LogP contribution < -0.4 is 11.2 Å². The van der Waals surface area contributed by atoms with Crippen LogP contribution in [-0.2, 0) is 9.16 Å². The molecule has 1 fully saturated rings. The molecule has 152 valence electrons. The molecule has 0 unspecified atom stereocenters. The van der Waals surface area contributed by atoms with Crippen molar-refractivity contribution in [3.05, 3.63) is 32.6 Å². The van der Waals surface area contributed by atoms with Gasteiger partial charge in [0, 0.05) is 19.0 Å². The molecule has 0 amide bonds. The largest absolute Gasteiger partial charge is 0.414 e. The van der Waals surface area contributed by atoms with Crippen LogP contribution in [-0.4, -0.2) is 30.6 Å². The standard InChI is InChI=1S/C21H30N2O4Si/c1-7-8-9-10-11-16-14-23(20(25)22-19(16)24)18-13-12-17(27-18)15-26-28(5,6)21(2,3)4/h1,14,17-18H,8-9,12-13,15H2,2-6H3,(H,22,24,25)/t17-,18+/m0/s1. The van der Waals surface area contributed by atoms with Crippen molar-refractivity contribution in [3.8, 4) is 24.2 Å². The summed E-state index contributed by atoms with van der Waals surface area (Å²) >= 11 is 0. The van der Waals surface area contributed by atoms with Crippen molar-refractivity contribution >= 4 is 8.32 Å². The van der Waals surface area contributed by atoms with Gasteiger partial charge in [0.15, 0.2) is 8.32 Å². The summed E-state index contributed by atoms with van der Waals surface area (Å²) in [4.78, 5) is 26.5. The Labute approximate surface area is 167 Å². The van der Waals surface area contributed by atoms with Crippen molar-refractivity contribution in [2.45, 2.75) is 76.9 Å². The lowest BCUT2D eigenvalue weighted by atomic mass is 10.2. The van der Waals surface area contributed by atoms with E-state index in [1.165, 1.54) is 10.8 Å². The van der Waals surface area contributed by atoms with E-state index in [-0.39, 0.29) is 16.7 Å². The lowest BCUT2D eigenvalue weighted by Crippen LogP contribution is -2.42. The van der Waals surface area contributed by atoms with Gasteiger partial charge in [-0.1, -0.05) is 32.6 Å². The van der Waals surface area contributed by atoms with Gasteiger partial charge >= 0.3 is 5.69 Å². The Morgan fingerprint density at radius 1 is 1.32 bits per heavy atom. The van der Waals surface area contributed by atoms with E-state index in [1.54, 1.807) is 0 Å². The van der Waals surface area contributed by atoms with Crippen LogP contribution in [0.3, 0.4) is 0 Å². The van der Waals surface area contributed by atoms with Crippen LogP contribution >= 0.6 is 0 Å². The number of ether oxygens (including phenoxy) is 1. The van der Waals surface area contributed by atoms with Crippen LogP contribution in [0.15, 0.2) is 15.8 Å². The van der Waals surface area contributed by atoms with E-state index in [0.29, 0.717) is 25.9 Å². The number of terminal acetylenes is 1. The smallest absolute Gasteiger partial charge is 0.330 e. The van der Waals surface area contributed by atoms with Crippen molar-refractivity contribution in [3.63, 3.8) is 0 Å². The average Bonchev–Trinajstić information content (AvgIpc) is 3.06. The molecule has 1 saturated heterocycles. The van der Waals surface area contributed by atoms with Gasteiger partial charge < -0.3 is 9.16 Å². The topological polar surface area (TPSA) is 73.3 Å². The maximum Gasteiger partial charge on any atom is 0.330 e. The third-order valence-corrected chi connectivity index (χ3v) is 9.92. The fraction of sp³-hybridized carbons (Fsp3) is 0.619. The first kappa shape index (κ1) is 22.2. The lowest BCUT2D eigenvalue weighted by Gasteiger charge is -2.36. The minimum absolute atomic E-state index is 0.0666. The Kier molecular flexibility index (Phi) is 7.11. The monoisotopic (exact) mass is 402 g/mol. The molecule has 0 saturated carbocycles. The third-order valence-electron chi connectivity index (χ3n) is 5.42. The van der Waals surface area contributed by atoms with Crippen LogP contribution in [0.1, 0.15) is 58.2 Å². The fourth-order valence-corrected chi connectivity index (χ4v) is 3.65. The molecule has 7 heteroatoms. The molecular weight excluding hydrogens is 372 g/mol. The highest BCUT2D eigenvalue weighted by atomic mass is 28.4. The van der Waals surface area contributed by atoms with Gasteiger partial charge in [0.05, 0.1) is 12.7 Å². The third kappa shape index (κ3) is 5.48. The van der Waals surface area contributed by atoms with Crippen LogP contribution in [0.25, 0.3) is 0 Å². The molecule has 2 rings (SSSR count). The lowest BCUT2D eigenvalue weighted by molar-refractivity contribution is -0.0222. The van der Waals surface area contributed by atoms with E-state index in [9.17, 15) is 9.59 Å². The summed E-state index contributed by atoms with van der Waals surface area (Å²) in [5, 5.41) is 0.133. The molecule has 1 aliphatic heterocycles. The van der Waals surface area contributed by atoms with Gasteiger partial charge in [0.1, 0.15) is 11.8 Å². The second-order valence-electron chi connectivity index (χ2n) is 8.58. The molecule has 2 heterocycles. The molecule has 1 aromatic rings. The van der Waals surface area contributed by atoms with Crippen molar-refractivity contribution in [1.82, 2.24) is 9.55 Å². The van der Waals surface area contributed by atoms with Crippen molar-refractivity contribution in [2.24, 2.45) is 0 Å². The second kappa shape index (κ2) is 8.96. The van der Waals surface area contributed by atoms with Crippen molar-refractivity contribution in [2.75, 3.05) is 6.61 Å². The summed E-state index contributed by atoms with van der Waals surface area (Å²) in [5.41, 5.74) is -0.749. The molecule has 28 heavy (non-hydrogen) atoms. The summed E-state index contributed by atoms with van der Waals surface area (Å²) < 4.78 is 13.7. The van der Waals surface area contributed by atoms with Crippen LogP contribution in [0.4, 0.5) is 0 Å². The number of H-pyrrole nitrogens is 1. The maximum atomic E-state index is 12.2. The van der Waals surface area contributed by atoms with Crippen LogP contribution in [0.2, 0.25) is 18.1 Å². The minimum Gasteiger partial charge on any atom is -0.414 e. The van der Waals surface area contributed by atoms with E-state index >= 15 is 0 Å². The Bertz CT molecular complexity index is 906. The maximum absolute atomic E-state index is 12.2. The number of hydrogen-bond donors (Lipinski definition) is 1. The molecule has 1 aliphatic rings. The molecule has 0 spiro atoms. The van der Waals surface area contributed by atoms with Gasteiger partial charge in [0.2, 0.25) is 0 Å². The van der Waals surface area contributed by atoms with Gasteiger partial charge in [-0.2, -0.15) is 0 Å². The Morgan fingerprint density at radius 3 is 2.68 bits per heavy atom.